The van der Waals surface area contributed by atoms with Gasteiger partial charge in [-0.1, -0.05) is 48.5 Å². The number of rotatable bonds is 6. The average molecular weight is 284 g/mol. The fourth-order valence-electron chi connectivity index (χ4n) is 1.88. The Bertz CT molecular complexity index is 570. The third-order valence-corrected chi connectivity index (χ3v) is 3.03. The topological polar surface area (TPSA) is 50.4 Å². The van der Waals surface area contributed by atoms with Gasteiger partial charge in [-0.05, 0) is 24.1 Å². The maximum atomic E-state index is 11.6. The van der Waals surface area contributed by atoms with Crippen LogP contribution in [0.25, 0.3) is 0 Å². The second kappa shape index (κ2) is 7.94. The van der Waals surface area contributed by atoms with E-state index in [0.717, 1.165) is 16.9 Å². The molecule has 2 N–H and O–H groups in total. The van der Waals surface area contributed by atoms with Gasteiger partial charge in [-0.25, -0.2) is 4.79 Å². The van der Waals surface area contributed by atoms with Crippen molar-refractivity contribution in [2.24, 2.45) is 0 Å². The summed E-state index contributed by atoms with van der Waals surface area (Å²) in [5.41, 5.74) is 2.16. The van der Waals surface area contributed by atoms with Crippen molar-refractivity contribution in [2.75, 3.05) is 13.2 Å². The van der Waals surface area contributed by atoms with Crippen molar-refractivity contribution in [3.63, 3.8) is 0 Å². The number of nitrogens with one attached hydrogen (secondary N) is 2. The molecule has 2 aromatic carbocycles. The number of carbonyl (C=O) groups excluding carboxylic acids is 1. The van der Waals surface area contributed by atoms with Gasteiger partial charge in [0.2, 0.25) is 0 Å². The fraction of sp³-hybridized carbons (Fsp3) is 0.235. The number of carbonyl (C=O) groups is 1. The van der Waals surface area contributed by atoms with Gasteiger partial charge in [-0.15, -0.1) is 0 Å². The van der Waals surface area contributed by atoms with E-state index in [9.17, 15) is 4.79 Å². The van der Waals surface area contributed by atoms with Gasteiger partial charge < -0.3 is 15.4 Å². The summed E-state index contributed by atoms with van der Waals surface area (Å²) in [4.78, 5) is 11.6. The molecule has 0 aliphatic rings. The zero-order chi connectivity index (χ0) is 14.9. The Morgan fingerprint density at radius 3 is 2.48 bits per heavy atom. The SMILES string of the molecule is Cc1ccccc1OCCNC(=O)NCc1ccccc1. The first-order chi connectivity index (χ1) is 10.3. The van der Waals surface area contributed by atoms with Crippen molar-refractivity contribution < 1.29 is 9.53 Å². The van der Waals surface area contributed by atoms with Crippen LogP contribution in [0.5, 0.6) is 5.75 Å². The van der Waals surface area contributed by atoms with Crippen LogP contribution in [0, 0.1) is 6.92 Å². The number of aryl methyl sites for hydroxylation is 1. The third-order valence-electron chi connectivity index (χ3n) is 3.03. The summed E-state index contributed by atoms with van der Waals surface area (Å²) in [5.74, 6) is 0.851. The van der Waals surface area contributed by atoms with Crippen molar-refractivity contribution in [1.29, 1.82) is 0 Å². The molecule has 4 nitrogen and oxygen atoms in total. The predicted molar refractivity (Wildman–Crippen MR) is 83.4 cm³/mol. The van der Waals surface area contributed by atoms with Crippen molar-refractivity contribution >= 4 is 6.03 Å². The van der Waals surface area contributed by atoms with Crippen LogP contribution in [0.1, 0.15) is 11.1 Å². The normalized spacial score (nSPS) is 9.95. The van der Waals surface area contributed by atoms with E-state index in [0.29, 0.717) is 19.7 Å². The number of para-hydroxylation sites is 1. The van der Waals surface area contributed by atoms with Gasteiger partial charge in [0.15, 0.2) is 0 Å². The van der Waals surface area contributed by atoms with Gasteiger partial charge in [0, 0.05) is 6.54 Å². The van der Waals surface area contributed by atoms with Crippen LogP contribution in [0.15, 0.2) is 54.6 Å². The maximum absolute atomic E-state index is 11.6. The van der Waals surface area contributed by atoms with Crippen LogP contribution in [-0.2, 0) is 6.54 Å². The molecule has 0 aliphatic heterocycles. The molecule has 0 saturated heterocycles. The molecule has 0 bridgehead atoms. The van der Waals surface area contributed by atoms with Crippen molar-refractivity contribution in [2.45, 2.75) is 13.5 Å². The molecule has 0 fully saturated rings. The number of benzene rings is 2. The Morgan fingerprint density at radius 2 is 1.71 bits per heavy atom. The lowest BCUT2D eigenvalue weighted by atomic mass is 10.2. The van der Waals surface area contributed by atoms with Gasteiger partial charge in [0.05, 0.1) is 6.54 Å². The van der Waals surface area contributed by atoms with Gasteiger partial charge in [-0.2, -0.15) is 0 Å². The summed E-state index contributed by atoms with van der Waals surface area (Å²) in [5, 5.41) is 5.57. The van der Waals surface area contributed by atoms with Crippen molar-refractivity contribution in [3.05, 3.63) is 65.7 Å². The number of amides is 2. The van der Waals surface area contributed by atoms with Crippen LogP contribution in [-0.4, -0.2) is 19.2 Å². The highest BCUT2D eigenvalue weighted by molar-refractivity contribution is 5.73. The first kappa shape index (κ1) is 14.9. The molecule has 2 rings (SSSR count). The van der Waals surface area contributed by atoms with E-state index in [2.05, 4.69) is 10.6 Å². The van der Waals surface area contributed by atoms with E-state index in [1.165, 1.54) is 0 Å². The second-order valence-electron chi connectivity index (χ2n) is 4.71. The highest BCUT2D eigenvalue weighted by Crippen LogP contribution is 2.15. The Morgan fingerprint density at radius 1 is 1.00 bits per heavy atom. The van der Waals surface area contributed by atoms with Crippen LogP contribution in [0.4, 0.5) is 4.79 Å². The van der Waals surface area contributed by atoms with Crippen LogP contribution >= 0.6 is 0 Å². The smallest absolute Gasteiger partial charge is 0.315 e. The second-order valence-corrected chi connectivity index (χ2v) is 4.71. The summed E-state index contributed by atoms with van der Waals surface area (Å²) >= 11 is 0. The molecule has 0 unspecified atom stereocenters. The Hall–Kier alpha value is -2.49. The van der Waals surface area contributed by atoms with Crippen LogP contribution in [0.2, 0.25) is 0 Å². The Balaban J connectivity index is 1.62. The molecule has 21 heavy (non-hydrogen) atoms. The summed E-state index contributed by atoms with van der Waals surface area (Å²) in [6, 6.07) is 17.4. The zero-order valence-corrected chi connectivity index (χ0v) is 12.1. The molecule has 0 atom stereocenters. The van der Waals surface area contributed by atoms with E-state index < -0.39 is 0 Å². The molecule has 0 saturated carbocycles. The highest BCUT2D eigenvalue weighted by atomic mass is 16.5. The Labute approximate surface area is 125 Å². The van der Waals surface area contributed by atoms with E-state index in [4.69, 9.17) is 4.74 Å². The molecule has 0 spiro atoms. The minimum absolute atomic E-state index is 0.188. The monoisotopic (exact) mass is 284 g/mol. The summed E-state index contributed by atoms with van der Waals surface area (Å²) < 4.78 is 5.61. The molecule has 2 aromatic rings. The van der Waals surface area contributed by atoms with Crippen molar-refractivity contribution in [3.8, 4) is 5.75 Å². The molecular formula is C17H20N2O2. The van der Waals surface area contributed by atoms with Gasteiger partial charge in [0.25, 0.3) is 0 Å². The van der Waals surface area contributed by atoms with E-state index in [1.54, 1.807) is 0 Å². The number of ether oxygens (including phenoxy) is 1. The minimum Gasteiger partial charge on any atom is -0.491 e. The van der Waals surface area contributed by atoms with Gasteiger partial charge >= 0.3 is 6.03 Å². The Kier molecular flexibility index (Phi) is 5.64. The standard InChI is InChI=1S/C17H20N2O2/c1-14-7-5-6-10-16(14)21-12-11-18-17(20)19-13-15-8-3-2-4-9-15/h2-10H,11-13H2,1H3,(H2,18,19,20). The van der Waals surface area contributed by atoms with Gasteiger partial charge in [0.1, 0.15) is 12.4 Å². The molecule has 0 aliphatic carbocycles. The highest BCUT2D eigenvalue weighted by Gasteiger charge is 2.01. The largest absolute Gasteiger partial charge is 0.491 e. The maximum Gasteiger partial charge on any atom is 0.315 e. The quantitative estimate of drug-likeness (QED) is 0.801. The number of hydrogen-bond donors (Lipinski definition) is 2. The molecule has 4 heteroatoms. The molecular weight excluding hydrogens is 264 g/mol. The van der Waals surface area contributed by atoms with Crippen LogP contribution in [0.3, 0.4) is 0 Å². The number of hydrogen-bond acceptors (Lipinski definition) is 2. The van der Waals surface area contributed by atoms with Gasteiger partial charge in [-0.3, -0.25) is 0 Å². The van der Waals surface area contributed by atoms with Crippen LogP contribution < -0.4 is 15.4 Å². The summed E-state index contributed by atoms with van der Waals surface area (Å²) in [7, 11) is 0. The first-order valence-electron chi connectivity index (χ1n) is 7.00. The summed E-state index contributed by atoms with van der Waals surface area (Å²) in [6.45, 7) is 3.43. The minimum atomic E-state index is -0.188. The number of urea groups is 1. The molecule has 110 valence electrons. The third kappa shape index (κ3) is 5.18. The van der Waals surface area contributed by atoms with E-state index in [1.807, 2.05) is 61.5 Å². The summed E-state index contributed by atoms with van der Waals surface area (Å²) in [6.07, 6.45) is 0. The molecule has 2 amide bonds. The fourth-order valence-corrected chi connectivity index (χ4v) is 1.88. The lowest BCUT2D eigenvalue weighted by Crippen LogP contribution is -2.37. The average Bonchev–Trinajstić information content (AvgIpc) is 2.52. The molecule has 0 aromatic heterocycles. The lowest BCUT2D eigenvalue weighted by Gasteiger charge is -2.10. The predicted octanol–water partition coefficient (Wildman–Crippen LogP) is 2.87. The molecule has 0 heterocycles. The molecule has 0 radical (unpaired) electrons. The lowest BCUT2D eigenvalue weighted by molar-refractivity contribution is 0.236. The zero-order valence-electron chi connectivity index (χ0n) is 12.1. The van der Waals surface area contributed by atoms with E-state index in [-0.39, 0.29) is 6.03 Å². The first-order valence-corrected chi connectivity index (χ1v) is 7.00. The van der Waals surface area contributed by atoms with Crippen molar-refractivity contribution in [1.82, 2.24) is 10.6 Å². The van der Waals surface area contributed by atoms with E-state index >= 15 is 0 Å².